The molecule has 4 heteroatoms. The Labute approximate surface area is 116 Å². The largest absolute Gasteiger partial charge is 0.384 e. The molecule has 2 heterocycles. The minimum absolute atomic E-state index is 0.718. The second-order valence-electron chi connectivity index (χ2n) is 5.24. The number of ether oxygens (including phenoxy) is 1. The molecule has 0 bridgehead atoms. The van der Waals surface area contributed by atoms with Crippen molar-refractivity contribution < 1.29 is 4.74 Å². The molecule has 1 fully saturated rings. The minimum Gasteiger partial charge on any atom is -0.384 e. The minimum atomic E-state index is 0.718. The van der Waals surface area contributed by atoms with E-state index in [1.54, 1.807) is 7.11 Å². The maximum atomic E-state index is 5.24. The van der Waals surface area contributed by atoms with Gasteiger partial charge >= 0.3 is 0 Å². The zero-order valence-electron chi connectivity index (χ0n) is 12.1. The van der Waals surface area contributed by atoms with Crippen LogP contribution >= 0.6 is 0 Å². The van der Waals surface area contributed by atoms with Gasteiger partial charge in [-0.15, -0.1) is 0 Å². The van der Waals surface area contributed by atoms with Crippen LogP contribution in [-0.4, -0.2) is 38.3 Å². The van der Waals surface area contributed by atoms with E-state index in [0.717, 1.165) is 44.3 Å². The summed E-state index contributed by atoms with van der Waals surface area (Å²) in [4.78, 5) is 6.77. The highest BCUT2D eigenvalue weighted by Gasteiger charge is 2.19. The number of aromatic nitrogens is 1. The van der Waals surface area contributed by atoms with Gasteiger partial charge in [-0.25, -0.2) is 0 Å². The van der Waals surface area contributed by atoms with E-state index in [1.807, 2.05) is 12.4 Å². The number of anilines is 2. The van der Waals surface area contributed by atoms with Gasteiger partial charge < -0.3 is 15.0 Å². The van der Waals surface area contributed by atoms with E-state index in [-0.39, 0.29) is 0 Å². The predicted molar refractivity (Wildman–Crippen MR) is 79.8 cm³/mol. The van der Waals surface area contributed by atoms with Gasteiger partial charge in [0.1, 0.15) is 0 Å². The molecule has 106 valence electrons. The number of pyridine rings is 1. The number of nitrogens with zero attached hydrogens (tertiary/aromatic N) is 2. The summed E-state index contributed by atoms with van der Waals surface area (Å²) in [6, 6.07) is 2.21. The fourth-order valence-corrected chi connectivity index (χ4v) is 2.56. The van der Waals surface area contributed by atoms with Crippen molar-refractivity contribution in [1.82, 2.24) is 4.98 Å². The third kappa shape index (κ3) is 4.10. The number of rotatable bonds is 6. The first-order valence-electron chi connectivity index (χ1n) is 7.26. The Morgan fingerprint density at radius 2 is 2.16 bits per heavy atom. The molecule has 1 aromatic heterocycles. The predicted octanol–water partition coefficient (Wildman–Crippen LogP) is 2.77. The van der Waals surface area contributed by atoms with Crippen molar-refractivity contribution in [2.75, 3.05) is 43.6 Å². The fraction of sp³-hybridized carbons (Fsp3) is 0.667. The van der Waals surface area contributed by atoms with Crippen LogP contribution in [0.3, 0.4) is 0 Å². The standard InChI is InChI=1S/C15H25N3O/c1-3-6-17-14-9-15(11-16-10-14)18-7-4-13(5-8-18)12-19-2/h9-11,13,17H,3-8,12H2,1-2H3. The van der Waals surface area contributed by atoms with Crippen LogP contribution in [0.15, 0.2) is 18.5 Å². The van der Waals surface area contributed by atoms with E-state index in [0.29, 0.717) is 0 Å². The molecule has 0 radical (unpaired) electrons. The molecule has 0 aromatic carbocycles. The van der Waals surface area contributed by atoms with E-state index < -0.39 is 0 Å². The van der Waals surface area contributed by atoms with Gasteiger partial charge in [-0.2, -0.15) is 0 Å². The van der Waals surface area contributed by atoms with Gasteiger partial charge in [-0.05, 0) is 31.2 Å². The third-order valence-corrected chi connectivity index (χ3v) is 3.68. The second kappa shape index (κ2) is 7.34. The summed E-state index contributed by atoms with van der Waals surface area (Å²) in [7, 11) is 1.79. The molecule has 0 unspecified atom stereocenters. The van der Waals surface area contributed by atoms with Crippen molar-refractivity contribution in [3.05, 3.63) is 18.5 Å². The Balaban J connectivity index is 1.91. The average molecular weight is 263 g/mol. The van der Waals surface area contributed by atoms with Crippen LogP contribution in [0.1, 0.15) is 26.2 Å². The van der Waals surface area contributed by atoms with Gasteiger partial charge in [-0.3, -0.25) is 4.98 Å². The molecule has 0 saturated carbocycles. The van der Waals surface area contributed by atoms with Crippen LogP contribution < -0.4 is 10.2 Å². The molecule has 0 aliphatic carbocycles. The van der Waals surface area contributed by atoms with Crippen LogP contribution in [0.4, 0.5) is 11.4 Å². The Hall–Kier alpha value is -1.29. The monoisotopic (exact) mass is 263 g/mol. The molecule has 1 aliphatic heterocycles. The van der Waals surface area contributed by atoms with Crippen molar-refractivity contribution in [2.24, 2.45) is 5.92 Å². The summed E-state index contributed by atoms with van der Waals surface area (Å²) in [6.45, 7) is 6.27. The van der Waals surface area contributed by atoms with E-state index in [1.165, 1.54) is 18.5 Å². The quantitative estimate of drug-likeness (QED) is 0.856. The lowest BCUT2D eigenvalue weighted by atomic mass is 9.97. The molecule has 1 N–H and O–H groups in total. The summed E-state index contributed by atoms with van der Waals surface area (Å²) in [5.74, 6) is 0.718. The fourth-order valence-electron chi connectivity index (χ4n) is 2.56. The SMILES string of the molecule is CCCNc1cncc(N2CCC(COC)CC2)c1. The topological polar surface area (TPSA) is 37.4 Å². The van der Waals surface area contributed by atoms with Crippen LogP contribution in [0.2, 0.25) is 0 Å². The number of piperidine rings is 1. The van der Waals surface area contributed by atoms with Gasteiger partial charge in [0, 0.05) is 33.4 Å². The Morgan fingerprint density at radius 1 is 1.37 bits per heavy atom. The van der Waals surface area contributed by atoms with Gasteiger partial charge in [0.2, 0.25) is 0 Å². The lowest BCUT2D eigenvalue weighted by molar-refractivity contribution is 0.139. The van der Waals surface area contributed by atoms with Crippen molar-refractivity contribution in [3.8, 4) is 0 Å². The molecule has 4 nitrogen and oxygen atoms in total. The molecule has 1 aliphatic rings. The zero-order chi connectivity index (χ0) is 13.5. The van der Waals surface area contributed by atoms with Gasteiger partial charge in [0.25, 0.3) is 0 Å². The molecular formula is C15H25N3O. The van der Waals surface area contributed by atoms with Gasteiger partial charge in [-0.1, -0.05) is 6.92 Å². The molecule has 0 spiro atoms. The first-order chi connectivity index (χ1) is 9.33. The van der Waals surface area contributed by atoms with Crippen LogP contribution in [0.25, 0.3) is 0 Å². The summed E-state index contributed by atoms with van der Waals surface area (Å²) in [5, 5.41) is 3.39. The number of methoxy groups -OCH3 is 1. The number of hydrogen-bond acceptors (Lipinski definition) is 4. The first-order valence-corrected chi connectivity index (χ1v) is 7.26. The van der Waals surface area contributed by atoms with Crippen LogP contribution in [-0.2, 0) is 4.74 Å². The molecule has 0 atom stereocenters. The maximum absolute atomic E-state index is 5.24. The zero-order valence-corrected chi connectivity index (χ0v) is 12.1. The number of hydrogen-bond donors (Lipinski definition) is 1. The molecule has 1 saturated heterocycles. The molecule has 1 aromatic rings. The highest BCUT2D eigenvalue weighted by Crippen LogP contribution is 2.24. The first kappa shape index (κ1) is 14.1. The normalized spacial score (nSPS) is 16.6. The summed E-state index contributed by atoms with van der Waals surface area (Å²) in [5.41, 5.74) is 2.36. The lowest BCUT2D eigenvalue weighted by Gasteiger charge is -2.33. The van der Waals surface area contributed by atoms with Crippen LogP contribution in [0.5, 0.6) is 0 Å². The van der Waals surface area contributed by atoms with E-state index in [4.69, 9.17) is 4.74 Å². The molecular weight excluding hydrogens is 238 g/mol. The average Bonchev–Trinajstić information content (AvgIpc) is 2.46. The number of nitrogens with one attached hydrogen (secondary N) is 1. The molecule has 0 amide bonds. The Kier molecular flexibility index (Phi) is 5.45. The van der Waals surface area contributed by atoms with Crippen molar-refractivity contribution in [2.45, 2.75) is 26.2 Å². The van der Waals surface area contributed by atoms with Gasteiger partial charge in [0.05, 0.1) is 23.8 Å². The lowest BCUT2D eigenvalue weighted by Crippen LogP contribution is -2.35. The smallest absolute Gasteiger partial charge is 0.0573 e. The van der Waals surface area contributed by atoms with Crippen molar-refractivity contribution in [1.29, 1.82) is 0 Å². The van der Waals surface area contributed by atoms with Crippen LogP contribution in [0, 0.1) is 5.92 Å². The van der Waals surface area contributed by atoms with Gasteiger partial charge in [0.15, 0.2) is 0 Å². The highest BCUT2D eigenvalue weighted by atomic mass is 16.5. The van der Waals surface area contributed by atoms with E-state index in [9.17, 15) is 0 Å². The molecule has 2 rings (SSSR count). The van der Waals surface area contributed by atoms with E-state index >= 15 is 0 Å². The van der Waals surface area contributed by atoms with Crippen molar-refractivity contribution >= 4 is 11.4 Å². The Morgan fingerprint density at radius 3 is 2.84 bits per heavy atom. The van der Waals surface area contributed by atoms with E-state index in [2.05, 4.69) is 28.2 Å². The Bertz CT molecular complexity index is 375. The second-order valence-corrected chi connectivity index (χ2v) is 5.24. The summed E-state index contributed by atoms with van der Waals surface area (Å²) in [6.07, 6.45) is 7.41. The van der Waals surface area contributed by atoms with Crippen molar-refractivity contribution in [3.63, 3.8) is 0 Å². The third-order valence-electron chi connectivity index (χ3n) is 3.68. The summed E-state index contributed by atoms with van der Waals surface area (Å²) >= 11 is 0. The highest BCUT2D eigenvalue weighted by molar-refractivity contribution is 5.55. The summed E-state index contributed by atoms with van der Waals surface area (Å²) < 4.78 is 5.24. The maximum Gasteiger partial charge on any atom is 0.0573 e. The molecule has 19 heavy (non-hydrogen) atoms.